The second-order valence-electron chi connectivity index (χ2n) is 6.72. The summed E-state index contributed by atoms with van der Waals surface area (Å²) >= 11 is 0. The zero-order valence-electron chi connectivity index (χ0n) is 13.2. The van der Waals surface area contributed by atoms with Crippen molar-refractivity contribution in [3.05, 3.63) is 0 Å². The lowest BCUT2D eigenvalue weighted by Crippen LogP contribution is -2.30. The summed E-state index contributed by atoms with van der Waals surface area (Å²) < 4.78 is 0. The second-order valence-corrected chi connectivity index (χ2v) is 6.72. The van der Waals surface area contributed by atoms with E-state index < -0.39 is 0 Å². The first kappa shape index (κ1) is 16.7. The van der Waals surface area contributed by atoms with Gasteiger partial charge < -0.3 is 9.90 Å². The maximum atomic E-state index is 11.3. The molecule has 0 saturated heterocycles. The molecule has 3 unspecified atom stereocenters. The molecular formula is C17H32O2. The van der Waals surface area contributed by atoms with Crippen molar-refractivity contribution in [2.75, 3.05) is 0 Å². The molecule has 1 aliphatic rings. The van der Waals surface area contributed by atoms with Crippen LogP contribution in [0.2, 0.25) is 0 Å². The molecule has 1 rings (SSSR count). The van der Waals surface area contributed by atoms with E-state index in [-0.39, 0.29) is 6.10 Å². The van der Waals surface area contributed by atoms with Crippen molar-refractivity contribution >= 4 is 5.78 Å². The van der Waals surface area contributed by atoms with E-state index in [1.54, 1.807) is 6.92 Å². The molecule has 112 valence electrons. The minimum Gasteiger partial charge on any atom is -0.393 e. The molecular weight excluding hydrogens is 236 g/mol. The van der Waals surface area contributed by atoms with Crippen LogP contribution in [0.3, 0.4) is 0 Å². The van der Waals surface area contributed by atoms with Gasteiger partial charge in [-0.15, -0.1) is 0 Å². The first-order valence-corrected chi connectivity index (χ1v) is 8.13. The third-order valence-electron chi connectivity index (χ3n) is 5.36. The van der Waals surface area contributed by atoms with Gasteiger partial charge in [0.15, 0.2) is 0 Å². The largest absolute Gasteiger partial charge is 0.393 e. The monoisotopic (exact) mass is 268 g/mol. The number of hydrogen-bond donors (Lipinski definition) is 1. The average Bonchev–Trinajstić information content (AvgIpc) is 2.38. The van der Waals surface area contributed by atoms with Crippen LogP contribution in [0, 0.1) is 23.7 Å². The number of rotatable bonds is 7. The van der Waals surface area contributed by atoms with E-state index in [9.17, 15) is 9.90 Å². The van der Waals surface area contributed by atoms with E-state index in [4.69, 9.17) is 0 Å². The predicted octanol–water partition coefficient (Wildman–Crippen LogP) is 4.21. The molecule has 3 atom stereocenters. The SMILES string of the molecule is CCC(C)C(CCC(C)=O)C(C)C1CCC(O)CC1. The van der Waals surface area contributed by atoms with Crippen LogP contribution in [0.15, 0.2) is 0 Å². The molecule has 19 heavy (non-hydrogen) atoms. The van der Waals surface area contributed by atoms with Gasteiger partial charge in [0.25, 0.3) is 0 Å². The standard InChI is InChI=1S/C17H32O2/c1-5-12(2)17(11-6-13(3)18)14(4)15-7-9-16(19)10-8-15/h12,14-17,19H,5-11H2,1-4H3. The summed E-state index contributed by atoms with van der Waals surface area (Å²) in [6.45, 7) is 8.66. The van der Waals surface area contributed by atoms with E-state index in [1.807, 2.05) is 0 Å². The zero-order valence-corrected chi connectivity index (χ0v) is 13.2. The topological polar surface area (TPSA) is 37.3 Å². The van der Waals surface area contributed by atoms with Gasteiger partial charge in [0.1, 0.15) is 5.78 Å². The maximum absolute atomic E-state index is 11.3. The molecule has 0 amide bonds. The quantitative estimate of drug-likeness (QED) is 0.751. The van der Waals surface area contributed by atoms with Gasteiger partial charge in [-0.3, -0.25) is 0 Å². The highest BCUT2D eigenvalue weighted by Gasteiger charge is 2.31. The van der Waals surface area contributed by atoms with Crippen molar-refractivity contribution < 1.29 is 9.90 Å². The molecule has 1 aliphatic carbocycles. The molecule has 0 aromatic carbocycles. The highest BCUT2D eigenvalue weighted by Crippen LogP contribution is 2.39. The minimum absolute atomic E-state index is 0.0669. The average molecular weight is 268 g/mol. The van der Waals surface area contributed by atoms with E-state index in [0.717, 1.165) is 44.4 Å². The molecule has 1 saturated carbocycles. The summed E-state index contributed by atoms with van der Waals surface area (Å²) in [5.41, 5.74) is 0. The van der Waals surface area contributed by atoms with Crippen molar-refractivity contribution in [2.45, 2.75) is 78.7 Å². The number of hydrogen-bond acceptors (Lipinski definition) is 2. The normalized spacial score (nSPS) is 28.7. The van der Waals surface area contributed by atoms with E-state index in [2.05, 4.69) is 20.8 Å². The van der Waals surface area contributed by atoms with Crippen LogP contribution in [0.4, 0.5) is 0 Å². The van der Waals surface area contributed by atoms with Crippen LogP contribution in [0.25, 0.3) is 0 Å². The molecule has 0 aromatic heterocycles. The van der Waals surface area contributed by atoms with E-state index in [0.29, 0.717) is 23.5 Å². The third kappa shape index (κ3) is 5.25. The maximum Gasteiger partial charge on any atom is 0.129 e. The summed E-state index contributed by atoms with van der Waals surface area (Å²) in [5.74, 6) is 3.10. The molecule has 0 bridgehead atoms. The van der Waals surface area contributed by atoms with E-state index >= 15 is 0 Å². The van der Waals surface area contributed by atoms with Gasteiger partial charge in [-0.25, -0.2) is 0 Å². The number of carbonyl (C=O) groups excluding carboxylic acids is 1. The molecule has 1 fully saturated rings. The van der Waals surface area contributed by atoms with Crippen molar-refractivity contribution in [3.63, 3.8) is 0 Å². The van der Waals surface area contributed by atoms with Crippen molar-refractivity contribution in [1.29, 1.82) is 0 Å². The predicted molar refractivity (Wildman–Crippen MR) is 80.0 cm³/mol. The number of aliphatic hydroxyl groups excluding tert-OH is 1. The zero-order chi connectivity index (χ0) is 14.4. The van der Waals surface area contributed by atoms with Crippen LogP contribution in [0.1, 0.15) is 72.6 Å². The fourth-order valence-corrected chi connectivity index (χ4v) is 3.72. The van der Waals surface area contributed by atoms with Gasteiger partial charge in [0.05, 0.1) is 6.10 Å². The lowest BCUT2D eigenvalue weighted by molar-refractivity contribution is -0.117. The van der Waals surface area contributed by atoms with Gasteiger partial charge in [0.2, 0.25) is 0 Å². The first-order valence-electron chi connectivity index (χ1n) is 8.13. The van der Waals surface area contributed by atoms with Gasteiger partial charge in [0, 0.05) is 6.42 Å². The lowest BCUT2D eigenvalue weighted by atomic mass is 9.69. The highest BCUT2D eigenvalue weighted by atomic mass is 16.3. The van der Waals surface area contributed by atoms with Crippen LogP contribution in [0.5, 0.6) is 0 Å². The number of ketones is 1. The molecule has 2 nitrogen and oxygen atoms in total. The summed E-state index contributed by atoms with van der Waals surface area (Å²) in [5, 5.41) is 9.63. The smallest absolute Gasteiger partial charge is 0.129 e. The molecule has 0 heterocycles. The fraction of sp³-hybridized carbons (Fsp3) is 0.941. The third-order valence-corrected chi connectivity index (χ3v) is 5.36. The van der Waals surface area contributed by atoms with Crippen molar-refractivity contribution in [2.24, 2.45) is 23.7 Å². The summed E-state index contributed by atoms with van der Waals surface area (Å²) in [6, 6.07) is 0. The molecule has 0 spiro atoms. The second kappa shape index (κ2) is 8.04. The van der Waals surface area contributed by atoms with Crippen LogP contribution in [-0.2, 0) is 4.79 Å². The molecule has 1 N–H and O–H groups in total. The summed E-state index contributed by atoms with van der Waals surface area (Å²) in [6.07, 6.45) is 7.17. The van der Waals surface area contributed by atoms with Crippen LogP contribution in [-0.4, -0.2) is 17.0 Å². The Balaban J connectivity index is 2.59. The molecule has 0 aliphatic heterocycles. The van der Waals surface area contributed by atoms with Crippen LogP contribution < -0.4 is 0 Å². The molecule has 0 radical (unpaired) electrons. The Morgan fingerprint density at radius 2 is 1.79 bits per heavy atom. The first-order chi connectivity index (χ1) is 8.95. The Labute approximate surface area is 119 Å². The fourth-order valence-electron chi connectivity index (χ4n) is 3.72. The number of aliphatic hydroxyl groups is 1. The summed E-state index contributed by atoms with van der Waals surface area (Å²) in [4.78, 5) is 11.3. The van der Waals surface area contributed by atoms with Crippen molar-refractivity contribution in [3.8, 4) is 0 Å². The summed E-state index contributed by atoms with van der Waals surface area (Å²) in [7, 11) is 0. The lowest BCUT2D eigenvalue weighted by Gasteiger charge is -2.37. The van der Waals surface area contributed by atoms with Crippen molar-refractivity contribution in [1.82, 2.24) is 0 Å². The van der Waals surface area contributed by atoms with Gasteiger partial charge in [-0.05, 0) is 62.7 Å². The number of Topliss-reactive ketones (excluding diaryl/α,β-unsaturated/α-hetero) is 1. The minimum atomic E-state index is -0.0669. The van der Waals surface area contributed by atoms with Crippen LogP contribution >= 0.6 is 0 Å². The Hall–Kier alpha value is -0.370. The van der Waals surface area contributed by atoms with Gasteiger partial charge in [-0.2, -0.15) is 0 Å². The van der Waals surface area contributed by atoms with Gasteiger partial charge >= 0.3 is 0 Å². The molecule has 2 heteroatoms. The Bertz CT molecular complexity index is 266. The molecule has 0 aromatic rings. The van der Waals surface area contributed by atoms with Gasteiger partial charge in [-0.1, -0.05) is 27.2 Å². The Morgan fingerprint density at radius 3 is 2.26 bits per heavy atom. The number of carbonyl (C=O) groups is 1. The Morgan fingerprint density at radius 1 is 1.21 bits per heavy atom. The highest BCUT2D eigenvalue weighted by molar-refractivity contribution is 5.75. The van der Waals surface area contributed by atoms with E-state index in [1.165, 1.54) is 6.42 Å². The Kier molecular flexibility index (Phi) is 7.06.